The first-order chi connectivity index (χ1) is 15.1. The van der Waals surface area contributed by atoms with Gasteiger partial charge in [-0.25, -0.2) is 8.42 Å². The maximum Gasteiger partial charge on any atom is 0.416 e. The second kappa shape index (κ2) is 9.53. The second-order valence-corrected chi connectivity index (χ2v) is 8.72. The van der Waals surface area contributed by atoms with Crippen LogP contribution in [-0.2, 0) is 30.5 Å². The highest BCUT2D eigenvalue weighted by Gasteiger charge is 2.32. The van der Waals surface area contributed by atoms with Gasteiger partial charge in [-0.15, -0.1) is 0 Å². The van der Waals surface area contributed by atoms with Gasteiger partial charge in [0.15, 0.2) is 0 Å². The van der Waals surface area contributed by atoms with Gasteiger partial charge in [0.1, 0.15) is 0 Å². The molecule has 170 valence electrons. The second-order valence-electron chi connectivity index (χ2n) is 7.01. The van der Waals surface area contributed by atoms with Gasteiger partial charge in [0.25, 0.3) is 10.0 Å². The van der Waals surface area contributed by atoms with E-state index in [9.17, 15) is 26.4 Å². The number of allylic oxidation sites excluding steroid dienone is 4. The normalized spacial score (nSPS) is 15.3. The number of alkyl halides is 3. The van der Waals surface area contributed by atoms with Crippen LogP contribution in [0.4, 0.5) is 18.9 Å². The number of sulfonamides is 1. The molecular formula is C22H20F3NO5S. The third-order valence-electron chi connectivity index (χ3n) is 4.84. The van der Waals surface area contributed by atoms with Gasteiger partial charge < -0.3 is 9.47 Å². The van der Waals surface area contributed by atoms with E-state index in [1.807, 2.05) is 0 Å². The first kappa shape index (κ1) is 23.5. The molecule has 0 radical (unpaired) electrons. The van der Waals surface area contributed by atoms with Crippen molar-refractivity contribution in [2.75, 3.05) is 11.8 Å². The standard InChI is InChI=1S/C22H20F3NO5S/c1-30-21(27)6-4-2-3-5-15-13-17(22(23,24)25)8-9-19(15)26-32(28,29)20-10-7-16-14-31-12-11-18(16)20/h8-9,11-14,26H,2,4,6-7,10H2,1H3. The monoisotopic (exact) mass is 467 g/mol. The zero-order valence-corrected chi connectivity index (χ0v) is 17.9. The van der Waals surface area contributed by atoms with Crippen LogP contribution >= 0.6 is 0 Å². The summed E-state index contributed by atoms with van der Waals surface area (Å²) in [4.78, 5) is 11.3. The van der Waals surface area contributed by atoms with E-state index in [1.165, 1.54) is 19.6 Å². The summed E-state index contributed by atoms with van der Waals surface area (Å²) in [6, 6.07) is 2.65. The number of methoxy groups -OCH3 is 1. The van der Waals surface area contributed by atoms with Crippen LogP contribution in [0.2, 0.25) is 0 Å². The van der Waals surface area contributed by atoms with E-state index in [-0.39, 0.29) is 35.4 Å². The highest BCUT2D eigenvalue weighted by Crippen LogP contribution is 2.38. The Morgan fingerprint density at radius 1 is 1.28 bits per heavy atom. The highest BCUT2D eigenvalue weighted by atomic mass is 32.2. The highest BCUT2D eigenvalue weighted by molar-refractivity contribution is 7.96. The van der Waals surface area contributed by atoms with Crippen molar-refractivity contribution in [2.45, 2.75) is 38.3 Å². The Labute approximate surface area is 183 Å². The predicted octanol–water partition coefficient (Wildman–Crippen LogP) is 4.62. The fourth-order valence-corrected chi connectivity index (χ4v) is 4.68. The van der Waals surface area contributed by atoms with Crippen LogP contribution < -0.4 is 4.72 Å². The molecule has 32 heavy (non-hydrogen) atoms. The molecule has 1 N–H and O–H groups in total. The van der Waals surface area contributed by atoms with Crippen LogP contribution in [0.25, 0.3) is 0 Å². The van der Waals surface area contributed by atoms with Gasteiger partial charge in [-0.1, -0.05) is 11.8 Å². The van der Waals surface area contributed by atoms with Crippen LogP contribution in [0.1, 0.15) is 43.2 Å². The van der Waals surface area contributed by atoms with Crippen LogP contribution in [0.15, 0.2) is 52.9 Å². The average Bonchev–Trinajstić information content (AvgIpc) is 3.18. The molecule has 1 aromatic carbocycles. The molecule has 6 nitrogen and oxygen atoms in total. The number of hydrogen-bond donors (Lipinski definition) is 1. The molecule has 0 spiro atoms. The summed E-state index contributed by atoms with van der Waals surface area (Å²) in [5.41, 5.74) is 0.153. The summed E-state index contributed by atoms with van der Waals surface area (Å²) in [6.45, 7) is 0. The number of carbonyl (C=O) groups excluding carboxylic acids is 1. The Balaban J connectivity index is 1.89. The first-order valence-corrected chi connectivity index (χ1v) is 11.1. The van der Waals surface area contributed by atoms with E-state index in [4.69, 9.17) is 4.74 Å². The van der Waals surface area contributed by atoms with Crippen molar-refractivity contribution in [3.8, 4) is 11.8 Å². The first-order valence-electron chi connectivity index (χ1n) is 9.66. The molecule has 0 unspecified atom stereocenters. The van der Waals surface area contributed by atoms with E-state index in [0.29, 0.717) is 18.4 Å². The Morgan fingerprint density at radius 3 is 2.78 bits per heavy atom. The zero-order chi connectivity index (χ0) is 23.4. The van der Waals surface area contributed by atoms with Crippen LogP contribution in [0.3, 0.4) is 0 Å². The number of ether oxygens (including phenoxy) is 2. The van der Waals surface area contributed by atoms with E-state index in [1.54, 1.807) is 6.08 Å². The summed E-state index contributed by atoms with van der Waals surface area (Å²) in [6.07, 6.45) is 1.22. The number of halogens is 3. The number of fused-ring (bicyclic) bond motifs is 1. The molecule has 1 aromatic rings. The number of nitrogens with one attached hydrogen (secondary N) is 1. The fraction of sp³-hybridized carbons (Fsp3) is 0.318. The summed E-state index contributed by atoms with van der Waals surface area (Å²) in [7, 11) is -2.78. The third kappa shape index (κ3) is 5.53. The lowest BCUT2D eigenvalue weighted by atomic mass is 10.1. The molecule has 1 aliphatic heterocycles. The topological polar surface area (TPSA) is 81.7 Å². The average molecular weight is 467 g/mol. The van der Waals surface area contributed by atoms with Gasteiger partial charge in [-0.05, 0) is 49.1 Å². The van der Waals surface area contributed by atoms with Crippen molar-refractivity contribution < 1.29 is 35.9 Å². The molecule has 0 atom stereocenters. The molecule has 0 amide bonds. The molecule has 0 fully saturated rings. The van der Waals surface area contributed by atoms with Crippen LogP contribution in [0, 0.1) is 11.8 Å². The molecule has 0 saturated heterocycles. The maximum absolute atomic E-state index is 13.2. The largest absolute Gasteiger partial charge is 0.472 e. The van der Waals surface area contributed by atoms with Gasteiger partial charge in [-0.2, -0.15) is 13.2 Å². The molecule has 3 rings (SSSR count). The van der Waals surface area contributed by atoms with Crippen molar-refractivity contribution >= 4 is 21.7 Å². The number of carbonyl (C=O) groups is 1. The van der Waals surface area contributed by atoms with Crippen molar-refractivity contribution in [1.82, 2.24) is 0 Å². The number of benzene rings is 1. The fourth-order valence-electron chi connectivity index (χ4n) is 3.23. The molecule has 0 bridgehead atoms. The van der Waals surface area contributed by atoms with Crippen LogP contribution in [-0.4, -0.2) is 21.5 Å². The van der Waals surface area contributed by atoms with Gasteiger partial charge in [0.05, 0.1) is 35.8 Å². The number of rotatable bonds is 6. The lowest BCUT2D eigenvalue weighted by Gasteiger charge is -2.14. The zero-order valence-electron chi connectivity index (χ0n) is 17.1. The Bertz CT molecular complexity index is 1170. The Hall–Kier alpha value is -3.19. The van der Waals surface area contributed by atoms with E-state index in [2.05, 4.69) is 21.3 Å². The molecular weight excluding hydrogens is 447 g/mol. The lowest BCUT2D eigenvalue weighted by molar-refractivity contribution is -0.140. The predicted molar refractivity (Wildman–Crippen MR) is 111 cm³/mol. The minimum absolute atomic E-state index is 0.0555. The number of unbranched alkanes of at least 4 members (excludes halogenated alkanes) is 1. The molecule has 0 saturated carbocycles. The van der Waals surface area contributed by atoms with Gasteiger partial charge in [0, 0.05) is 24.0 Å². The van der Waals surface area contributed by atoms with Crippen molar-refractivity contribution in [3.05, 3.63) is 64.0 Å². The Morgan fingerprint density at radius 2 is 2.06 bits per heavy atom. The van der Waals surface area contributed by atoms with E-state index >= 15 is 0 Å². The lowest BCUT2D eigenvalue weighted by Crippen LogP contribution is -2.16. The molecule has 1 aliphatic carbocycles. The molecule has 1 heterocycles. The summed E-state index contributed by atoms with van der Waals surface area (Å²) < 4.78 is 77.4. The number of hydrogen-bond acceptors (Lipinski definition) is 5. The van der Waals surface area contributed by atoms with Crippen molar-refractivity contribution in [3.63, 3.8) is 0 Å². The quantitative estimate of drug-likeness (QED) is 0.375. The summed E-state index contributed by atoms with van der Waals surface area (Å²) in [5, 5.41) is 0. The van der Waals surface area contributed by atoms with Crippen LogP contribution in [0.5, 0.6) is 0 Å². The molecule has 2 aliphatic rings. The number of esters is 1. The minimum Gasteiger partial charge on any atom is -0.472 e. The Kier molecular flexibility index (Phi) is 6.99. The smallest absolute Gasteiger partial charge is 0.416 e. The summed E-state index contributed by atoms with van der Waals surface area (Å²) >= 11 is 0. The summed E-state index contributed by atoms with van der Waals surface area (Å²) in [5.74, 6) is 4.87. The minimum atomic E-state index is -4.61. The van der Waals surface area contributed by atoms with E-state index in [0.717, 1.165) is 23.8 Å². The van der Waals surface area contributed by atoms with Gasteiger partial charge in [0.2, 0.25) is 0 Å². The van der Waals surface area contributed by atoms with Gasteiger partial charge >= 0.3 is 12.1 Å². The van der Waals surface area contributed by atoms with Crippen molar-refractivity contribution in [1.29, 1.82) is 0 Å². The van der Waals surface area contributed by atoms with Crippen molar-refractivity contribution in [2.24, 2.45) is 0 Å². The molecule has 10 heteroatoms. The number of anilines is 1. The van der Waals surface area contributed by atoms with E-state index < -0.39 is 27.7 Å². The molecule has 0 aromatic heterocycles. The SMILES string of the molecule is COC(=O)CCCC#Cc1cc(C(F)(F)F)ccc1NS(=O)(=O)C1=C2C=COC=C2CC1. The third-order valence-corrected chi connectivity index (χ3v) is 6.40. The van der Waals surface area contributed by atoms with Gasteiger partial charge in [-0.3, -0.25) is 9.52 Å². The maximum atomic E-state index is 13.2.